The molecule has 0 spiro atoms. The summed E-state index contributed by atoms with van der Waals surface area (Å²) in [6.07, 6.45) is 3.80. The van der Waals surface area contributed by atoms with Gasteiger partial charge in [0, 0.05) is 19.0 Å². The number of benzene rings is 1. The van der Waals surface area contributed by atoms with Crippen molar-refractivity contribution < 1.29 is 14.3 Å². The second-order valence-electron chi connectivity index (χ2n) is 6.85. The molecular weight excluding hydrogens is 328 g/mol. The Bertz CT molecular complexity index is 556. The highest BCUT2D eigenvalue weighted by Crippen LogP contribution is 2.29. The molecule has 26 heavy (non-hydrogen) atoms. The van der Waals surface area contributed by atoms with E-state index in [1.807, 2.05) is 30.0 Å². The van der Waals surface area contributed by atoms with E-state index in [1.165, 1.54) is 0 Å². The molecule has 5 nitrogen and oxygen atoms in total. The van der Waals surface area contributed by atoms with Gasteiger partial charge in [-0.05, 0) is 63.4 Å². The van der Waals surface area contributed by atoms with Crippen molar-refractivity contribution in [1.82, 2.24) is 10.2 Å². The van der Waals surface area contributed by atoms with Gasteiger partial charge in [-0.15, -0.1) is 0 Å². The van der Waals surface area contributed by atoms with Crippen LogP contribution < -0.4 is 14.8 Å². The van der Waals surface area contributed by atoms with Crippen LogP contribution in [0.2, 0.25) is 0 Å². The topological polar surface area (TPSA) is 50.8 Å². The van der Waals surface area contributed by atoms with Crippen molar-refractivity contribution in [2.45, 2.75) is 53.0 Å². The van der Waals surface area contributed by atoms with E-state index >= 15 is 0 Å². The van der Waals surface area contributed by atoms with Crippen LogP contribution in [0.1, 0.15) is 52.0 Å². The van der Waals surface area contributed by atoms with Crippen molar-refractivity contribution in [3.05, 3.63) is 23.8 Å². The van der Waals surface area contributed by atoms with Gasteiger partial charge in [0.15, 0.2) is 11.5 Å². The normalized spacial score (nSPS) is 14.9. The molecule has 1 amide bonds. The highest BCUT2D eigenvalue weighted by atomic mass is 16.5. The highest BCUT2D eigenvalue weighted by Gasteiger charge is 2.25. The number of nitrogens with zero attached hydrogens (tertiary/aromatic N) is 1. The third kappa shape index (κ3) is 5.90. The van der Waals surface area contributed by atoms with Gasteiger partial charge in [0.05, 0.1) is 13.2 Å². The number of ether oxygens (including phenoxy) is 2. The van der Waals surface area contributed by atoms with Crippen LogP contribution in [0.3, 0.4) is 0 Å². The molecule has 5 heteroatoms. The number of carbonyl (C=O) groups excluding carboxylic acids is 1. The van der Waals surface area contributed by atoms with Crippen LogP contribution in [0.15, 0.2) is 18.2 Å². The molecule has 1 aliphatic rings. The van der Waals surface area contributed by atoms with E-state index < -0.39 is 0 Å². The monoisotopic (exact) mass is 362 g/mol. The van der Waals surface area contributed by atoms with Crippen LogP contribution >= 0.6 is 0 Å². The molecule has 0 unspecified atom stereocenters. The Hall–Kier alpha value is -1.75. The first-order valence-corrected chi connectivity index (χ1v) is 10.1. The zero-order chi connectivity index (χ0) is 18.8. The van der Waals surface area contributed by atoms with Gasteiger partial charge in [0.2, 0.25) is 5.91 Å². The lowest BCUT2D eigenvalue weighted by atomic mass is 9.96. The third-order valence-electron chi connectivity index (χ3n) is 4.64. The molecule has 0 saturated carbocycles. The Morgan fingerprint density at radius 1 is 1.12 bits per heavy atom. The van der Waals surface area contributed by atoms with Gasteiger partial charge < -0.3 is 19.7 Å². The zero-order valence-corrected chi connectivity index (χ0v) is 16.6. The number of rotatable bonds is 10. The Morgan fingerprint density at radius 2 is 1.88 bits per heavy atom. The first kappa shape index (κ1) is 20.6. The van der Waals surface area contributed by atoms with E-state index in [1.54, 1.807) is 0 Å². The number of piperidine rings is 1. The highest BCUT2D eigenvalue weighted by molar-refractivity contribution is 5.79. The fourth-order valence-electron chi connectivity index (χ4n) is 3.33. The molecule has 0 aromatic heterocycles. The SMILES string of the molecule is CCCOc1ccc(CN(CCC)C(=O)C2CCNCC2)cc1OCC. The summed E-state index contributed by atoms with van der Waals surface area (Å²) in [5.74, 6) is 1.99. The molecule has 0 atom stereocenters. The number of amides is 1. The Labute approximate surface area is 158 Å². The molecular formula is C21H34N2O3. The minimum atomic E-state index is 0.154. The first-order chi connectivity index (χ1) is 12.7. The van der Waals surface area contributed by atoms with Crippen molar-refractivity contribution in [3.8, 4) is 11.5 Å². The zero-order valence-electron chi connectivity index (χ0n) is 16.6. The average Bonchev–Trinajstić information content (AvgIpc) is 2.67. The standard InChI is InChI=1S/C21H34N2O3/c1-4-13-23(21(24)18-9-11-22-12-10-18)16-17-7-8-19(26-14-5-2)20(15-17)25-6-3/h7-8,15,18,22H,4-6,9-14,16H2,1-3H3. The van der Waals surface area contributed by atoms with Crippen molar-refractivity contribution in [3.63, 3.8) is 0 Å². The Morgan fingerprint density at radius 3 is 2.54 bits per heavy atom. The molecule has 0 aliphatic carbocycles. The van der Waals surface area contributed by atoms with Crippen molar-refractivity contribution in [2.24, 2.45) is 5.92 Å². The smallest absolute Gasteiger partial charge is 0.226 e. The molecule has 1 fully saturated rings. The van der Waals surface area contributed by atoms with Crippen LogP contribution in [-0.2, 0) is 11.3 Å². The first-order valence-electron chi connectivity index (χ1n) is 10.1. The summed E-state index contributed by atoms with van der Waals surface area (Å²) < 4.78 is 11.5. The molecule has 1 aromatic carbocycles. The summed E-state index contributed by atoms with van der Waals surface area (Å²) in [7, 11) is 0. The lowest BCUT2D eigenvalue weighted by molar-refractivity contribution is -0.137. The maximum atomic E-state index is 13.0. The predicted molar refractivity (Wildman–Crippen MR) is 105 cm³/mol. The lowest BCUT2D eigenvalue weighted by Crippen LogP contribution is -2.41. The van der Waals surface area contributed by atoms with Gasteiger partial charge in [-0.3, -0.25) is 4.79 Å². The van der Waals surface area contributed by atoms with Crippen molar-refractivity contribution in [1.29, 1.82) is 0 Å². The minimum absolute atomic E-state index is 0.154. The lowest BCUT2D eigenvalue weighted by Gasteiger charge is -2.29. The molecule has 1 aromatic rings. The Balaban J connectivity index is 2.11. The van der Waals surface area contributed by atoms with E-state index in [0.29, 0.717) is 19.8 Å². The number of carbonyl (C=O) groups is 1. The molecule has 146 valence electrons. The van der Waals surface area contributed by atoms with E-state index in [9.17, 15) is 4.79 Å². The third-order valence-corrected chi connectivity index (χ3v) is 4.64. The quantitative estimate of drug-likeness (QED) is 0.691. The maximum absolute atomic E-state index is 13.0. The van der Waals surface area contributed by atoms with E-state index in [-0.39, 0.29) is 11.8 Å². The van der Waals surface area contributed by atoms with Gasteiger partial charge in [-0.25, -0.2) is 0 Å². The van der Waals surface area contributed by atoms with Crippen LogP contribution in [0, 0.1) is 5.92 Å². The average molecular weight is 363 g/mol. The fraction of sp³-hybridized carbons (Fsp3) is 0.667. The predicted octanol–water partition coefficient (Wildman–Crippen LogP) is 3.61. The molecule has 1 saturated heterocycles. The van der Waals surface area contributed by atoms with Gasteiger partial charge in [-0.2, -0.15) is 0 Å². The number of hydrogen-bond donors (Lipinski definition) is 1. The van der Waals surface area contributed by atoms with E-state index in [0.717, 1.165) is 62.4 Å². The molecule has 1 heterocycles. The van der Waals surface area contributed by atoms with Gasteiger partial charge in [0.25, 0.3) is 0 Å². The largest absolute Gasteiger partial charge is 0.490 e. The van der Waals surface area contributed by atoms with E-state index in [4.69, 9.17) is 9.47 Å². The molecule has 0 radical (unpaired) electrons. The van der Waals surface area contributed by atoms with Crippen LogP contribution in [0.4, 0.5) is 0 Å². The van der Waals surface area contributed by atoms with Gasteiger partial charge in [-0.1, -0.05) is 19.9 Å². The summed E-state index contributed by atoms with van der Waals surface area (Å²) in [6.45, 7) is 10.8. The summed E-state index contributed by atoms with van der Waals surface area (Å²) in [4.78, 5) is 15.0. The summed E-state index contributed by atoms with van der Waals surface area (Å²) in [5, 5.41) is 3.33. The van der Waals surface area contributed by atoms with Crippen LogP contribution in [0.5, 0.6) is 11.5 Å². The molecule has 1 aliphatic heterocycles. The van der Waals surface area contributed by atoms with Crippen LogP contribution in [0.25, 0.3) is 0 Å². The Kier molecular flexibility index (Phi) is 8.75. The summed E-state index contributed by atoms with van der Waals surface area (Å²) in [5.41, 5.74) is 1.09. The summed E-state index contributed by atoms with van der Waals surface area (Å²) in [6, 6.07) is 6.04. The molecule has 0 bridgehead atoms. The van der Waals surface area contributed by atoms with Crippen molar-refractivity contribution >= 4 is 5.91 Å². The van der Waals surface area contributed by atoms with Crippen LogP contribution in [-0.4, -0.2) is 43.7 Å². The second kappa shape index (κ2) is 11.1. The van der Waals surface area contributed by atoms with Gasteiger partial charge >= 0.3 is 0 Å². The molecule has 1 N–H and O–H groups in total. The van der Waals surface area contributed by atoms with E-state index in [2.05, 4.69) is 19.2 Å². The fourth-order valence-corrected chi connectivity index (χ4v) is 3.33. The minimum Gasteiger partial charge on any atom is -0.490 e. The van der Waals surface area contributed by atoms with Gasteiger partial charge in [0.1, 0.15) is 0 Å². The number of nitrogens with one attached hydrogen (secondary N) is 1. The van der Waals surface area contributed by atoms with Crippen molar-refractivity contribution in [2.75, 3.05) is 32.8 Å². The second-order valence-corrected chi connectivity index (χ2v) is 6.85. The summed E-state index contributed by atoms with van der Waals surface area (Å²) >= 11 is 0. The molecule has 2 rings (SSSR count). The maximum Gasteiger partial charge on any atom is 0.226 e. The number of hydrogen-bond acceptors (Lipinski definition) is 4.